The van der Waals surface area contributed by atoms with Gasteiger partial charge in [-0.25, -0.2) is 9.79 Å². The number of hydrogen-bond acceptors (Lipinski definition) is 8. The van der Waals surface area contributed by atoms with Crippen LogP contribution in [0.25, 0.3) is 0 Å². The van der Waals surface area contributed by atoms with Gasteiger partial charge >= 0.3 is 11.9 Å². The fraction of sp³-hybridized carbons (Fsp3) is 0.278. The Hall–Kier alpha value is -2.74. The zero-order valence-electron chi connectivity index (χ0n) is 14.8. The van der Waals surface area contributed by atoms with Crippen LogP contribution in [-0.2, 0) is 19.1 Å². The average molecular weight is 374 g/mol. The molecule has 1 aromatic rings. The normalized spacial score (nSPS) is 18.8. The molecule has 0 saturated heterocycles. The Kier molecular flexibility index (Phi) is 5.03. The summed E-state index contributed by atoms with van der Waals surface area (Å²) >= 11 is 1.33. The van der Waals surface area contributed by atoms with Crippen molar-refractivity contribution < 1.29 is 23.8 Å². The van der Waals surface area contributed by atoms with Crippen LogP contribution in [0.1, 0.15) is 25.5 Å². The van der Waals surface area contributed by atoms with Gasteiger partial charge in [0.2, 0.25) is 5.88 Å². The predicted octanol–water partition coefficient (Wildman–Crippen LogP) is 2.96. The molecule has 0 amide bonds. The van der Waals surface area contributed by atoms with Crippen LogP contribution >= 0.6 is 11.8 Å². The van der Waals surface area contributed by atoms with E-state index in [0.29, 0.717) is 28.1 Å². The van der Waals surface area contributed by atoms with E-state index >= 15 is 0 Å². The molecule has 0 aliphatic carbocycles. The summed E-state index contributed by atoms with van der Waals surface area (Å²) in [5.74, 6) is 0.101. The summed E-state index contributed by atoms with van der Waals surface area (Å²) in [6.45, 7) is 3.09. The molecule has 7 nitrogen and oxygen atoms in total. The van der Waals surface area contributed by atoms with Gasteiger partial charge in [0, 0.05) is 12.3 Å². The van der Waals surface area contributed by atoms with Crippen molar-refractivity contribution in [2.45, 2.75) is 19.9 Å². The van der Waals surface area contributed by atoms with Gasteiger partial charge in [-0.3, -0.25) is 9.69 Å². The van der Waals surface area contributed by atoms with Gasteiger partial charge in [-0.1, -0.05) is 23.9 Å². The van der Waals surface area contributed by atoms with Gasteiger partial charge < -0.3 is 14.2 Å². The van der Waals surface area contributed by atoms with E-state index in [9.17, 15) is 9.59 Å². The maximum atomic E-state index is 12.5. The van der Waals surface area contributed by atoms with E-state index < -0.39 is 18.0 Å². The van der Waals surface area contributed by atoms with Crippen LogP contribution in [0.2, 0.25) is 0 Å². The molecule has 136 valence electrons. The van der Waals surface area contributed by atoms with Crippen molar-refractivity contribution in [3.63, 3.8) is 0 Å². The SMILES string of the molecule is COC(=O)C1=C(C)N=C2SC=C(OC(C)=O)N2C1c1ccc(OC)cc1. The topological polar surface area (TPSA) is 77.4 Å². The fourth-order valence-electron chi connectivity index (χ4n) is 2.85. The molecule has 0 spiro atoms. The van der Waals surface area contributed by atoms with Crippen LogP contribution in [0, 0.1) is 0 Å². The summed E-state index contributed by atoms with van der Waals surface area (Å²) in [7, 11) is 2.91. The highest BCUT2D eigenvalue weighted by molar-refractivity contribution is 8.16. The number of fused-ring (bicyclic) bond motifs is 1. The summed E-state index contributed by atoms with van der Waals surface area (Å²) in [5, 5.41) is 2.33. The lowest BCUT2D eigenvalue weighted by Crippen LogP contribution is -2.37. The number of ether oxygens (including phenoxy) is 3. The number of allylic oxidation sites excluding steroid dienone is 1. The first-order chi connectivity index (χ1) is 12.5. The van der Waals surface area contributed by atoms with E-state index in [4.69, 9.17) is 14.2 Å². The summed E-state index contributed by atoms with van der Waals surface area (Å²) in [6, 6.07) is 6.81. The van der Waals surface area contributed by atoms with Crippen molar-refractivity contribution >= 4 is 28.9 Å². The highest BCUT2D eigenvalue weighted by Crippen LogP contribution is 2.44. The molecule has 26 heavy (non-hydrogen) atoms. The van der Waals surface area contributed by atoms with Crippen LogP contribution < -0.4 is 4.74 Å². The zero-order chi connectivity index (χ0) is 18.8. The van der Waals surface area contributed by atoms with Crippen LogP contribution in [0.15, 0.2) is 51.8 Å². The van der Waals surface area contributed by atoms with E-state index in [1.54, 1.807) is 24.3 Å². The molecule has 1 atom stereocenters. The van der Waals surface area contributed by atoms with Crippen molar-refractivity contribution in [3.05, 3.63) is 52.4 Å². The van der Waals surface area contributed by atoms with Gasteiger partial charge in [-0.15, -0.1) is 0 Å². The van der Waals surface area contributed by atoms with Crippen molar-refractivity contribution in [3.8, 4) is 5.75 Å². The Morgan fingerprint density at radius 3 is 2.46 bits per heavy atom. The Balaban J connectivity index is 2.11. The lowest BCUT2D eigenvalue weighted by Gasteiger charge is -2.35. The molecule has 0 fully saturated rings. The second-order valence-electron chi connectivity index (χ2n) is 5.60. The first kappa shape index (κ1) is 18.1. The number of esters is 2. The lowest BCUT2D eigenvalue weighted by atomic mass is 9.94. The average Bonchev–Trinajstić information content (AvgIpc) is 3.01. The number of thioether (sulfide) groups is 1. The van der Waals surface area contributed by atoms with Gasteiger partial charge in [0.15, 0.2) is 5.17 Å². The summed E-state index contributed by atoms with van der Waals surface area (Å²) < 4.78 is 15.5. The number of rotatable bonds is 4. The third kappa shape index (κ3) is 3.20. The number of aliphatic imine (C=N–C) groups is 1. The number of carbonyl (C=O) groups is 2. The molecular formula is C18H18N2O5S. The molecule has 0 aromatic heterocycles. The van der Waals surface area contributed by atoms with Gasteiger partial charge in [0.05, 0.1) is 31.5 Å². The minimum absolute atomic E-state index is 0.330. The maximum Gasteiger partial charge on any atom is 0.338 e. The van der Waals surface area contributed by atoms with Gasteiger partial charge in [-0.05, 0) is 24.6 Å². The van der Waals surface area contributed by atoms with Crippen molar-refractivity contribution in [2.24, 2.45) is 4.99 Å². The minimum atomic E-state index is -0.526. The van der Waals surface area contributed by atoms with E-state index in [0.717, 1.165) is 5.56 Å². The van der Waals surface area contributed by atoms with Crippen molar-refractivity contribution in [1.82, 2.24) is 4.90 Å². The van der Waals surface area contributed by atoms with E-state index in [2.05, 4.69) is 4.99 Å². The third-order valence-electron chi connectivity index (χ3n) is 3.98. The summed E-state index contributed by atoms with van der Waals surface area (Å²) in [6.07, 6.45) is 0. The lowest BCUT2D eigenvalue weighted by molar-refractivity contribution is -0.138. The van der Waals surface area contributed by atoms with Crippen LogP contribution in [0.3, 0.4) is 0 Å². The van der Waals surface area contributed by atoms with E-state index in [1.165, 1.54) is 25.8 Å². The third-order valence-corrected chi connectivity index (χ3v) is 4.80. The molecule has 2 heterocycles. The number of amidine groups is 1. The molecule has 0 bridgehead atoms. The molecule has 2 aliphatic rings. The van der Waals surface area contributed by atoms with Crippen LogP contribution in [0.4, 0.5) is 0 Å². The molecular weight excluding hydrogens is 356 g/mol. The molecule has 0 N–H and O–H groups in total. The predicted molar refractivity (Wildman–Crippen MR) is 97.2 cm³/mol. The summed E-state index contributed by atoms with van der Waals surface area (Å²) in [5.41, 5.74) is 1.77. The maximum absolute atomic E-state index is 12.5. The quantitative estimate of drug-likeness (QED) is 0.750. The molecule has 0 radical (unpaired) electrons. The molecule has 1 unspecified atom stereocenters. The van der Waals surface area contributed by atoms with E-state index in [-0.39, 0.29) is 0 Å². The molecule has 2 aliphatic heterocycles. The first-order valence-electron chi connectivity index (χ1n) is 7.82. The zero-order valence-corrected chi connectivity index (χ0v) is 15.6. The fourth-order valence-corrected chi connectivity index (χ4v) is 3.72. The van der Waals surface area contributed by atoms with Crippen LogP contribution in [-0.4, -0.2) is 36.2 Å². The Bertz CT molecular complexity index is 842. The largest absolute Gasteiger partial charge is 0.497 e. The smallest absolute Gasteiger partial charge is 0.338 e. The second kappa shape index (κ2) is 7.25. The highest BCUT2D eigenvalue weighted by Gasteiger charge is 2.41. The van der Waals surface area contributed by atoms with Crippen molar-refractivity contribution in [2.75, 3.05) is 14.2 Å². The standard InChI is InChI=1S/C18H18N2O5S/c1-10-15(17(22)24-4)16(12-5-7-13(23-3)8-6-12)20-14(25-11(2)21)9-26-18(20)19-10/h5-9,16H,1-4H3. The minimum Gasteiger partial charge on any atom is -0.497 e. The number of nitrogens with zero attached hydrogens (tertiary/aromatic N) is 2. The summed E-state index contributed by atoms with van der Waals surface area (Å²) in [4.78, 5) is 30.2. The van der Waals surface area contributed by atoms with Crippen molar-refractivity contribution in [1.29, 1.82) is 0 Å². The Labute approximate surface area is 155 Å². The second-order valence-corrected chi connectivity index (χ2v) is 6.43. The number of methoxy groups -OCH3 is 2. The van der Waals surface area contributed by atoms with Gasteiger partial charge in [0.25, 0.3) is 0 Å². The Morgan fingerprint density at radius 1 is 1.19 bits per heavy atom. The molecule has 1 aromatic carbocycles. The van der Waals surface area contributed by atoms with Gasteiger partial charge in [-0.2, -0.15) is 0 Å². The monoisotopic (exact) mass is 374 g/mol. The molecule has 3 rings (SSSR count). The molecule has 0 saturated carbocycles. The highest BCUT2D eigenvalue weighted by atomic mass is 32.2. The van der Waals surface area contributed by atoms with Gasteiger partial charge in [0.1, 0.15) is 5.75 Å². The van der Waals surface area contributed by atoms with E-state index in [1.807, 2.05) is 24.3 Å². The number of carbonyl (C=O) groups excluding carboxylic acids is 2. The molecule has 8 heteroatoms. The first-order valence-corrected chi connectivity index (χ1v) is 8.70. The number of benzene rings is 1. The Morgan fingerprint density at radius 2 is 1.88 bits per heavy atom. The number of hydrogen-bond donors (Lipinski definition) is 0. The van der Waals surface area contributed by atoms with Crippen LogP contribution in [0.5, 0.6) is 5.75 Å².